The minimum Gasteiger partial charge on any atom is -0.309 e. The van der Waals surface area contributed by atoms with Gasteiger partial charge in [-0.2, -0.15) is 0 Å². The molecule has 0 aliphatic carbocycles. The first kappa shape index (κ1) is 24.4. The Morgan fingerprint density at radius 2 is 1.52 bits per heavy atom. The molecule has 40 heavy (non-hydrogen) atoms. The zero-order valence-corrected chi connectivity index (χ0v) is 23.6. The summed E-state index contributed by atoms with van der Waals surface area (Å²) in [7, 11) is 0. The molecule has 7 rings (SSSR count). The van der Waals surface area contributed by atoms with Crippen molar-refractivity contribution >= 4 is 72.2 Å². The van der Waals surface area contributed by atoms with Crippen molar-refractivity contribution in [3.05, 3.63) is 132 Å². The molecular weight excluding hydrogens is 502 g/mol. The monoisotopic (exact) mass is 531 g/mol. The second kappa shape index (κ2) is 9.51. The van der Waals surface area contributed by atoms with Gasteiger partial charge in [0.2, 0.25) is 0 Å². The lowest BCUT2D eigenvalue weighted by molar-refractivity contribution is 1.19. The summed E-state index contributed by atoms with van der Waals surface area (Å²) in [6, 6.07) is 33.4. The van der Waals surface area contributed by atoms with E-state index < -0.39 is 0 Å². The van der Waals surface area contributed by atoms with Gasteiger partial charge in [0.25, 0.3) is 0 Å². The highest BCUT2D eigenvalue weighted by Gasteiger charge is 2.18. The molecule has 0 aliphatic rings. The summed E-state index contributed by atoms with van der Waals surface area (Å²) in [5, 5.41) is 6.30. The first-order chi connectivity index (χ1) is 19.6. The van der Waals surface area contributed by atoms with Crippen LogP contribution in [0.3, 0.4) is 0 Å². The summed E-state index contributed by atoms with van der Waals surface area (Å²) in [6.45, 7) is 12.4. The van der Waals surface area contributed by atoms with Crippen LogP contribution in [0.4, 0.5) is 0 Å². The maximum atomic E-state index is 4.08. The molecule has 0 amide bonds. The Bertz CT molecular complexity index is 2170. The van der Waals surface area contributed by atoms with Crippen molar-refractivity contribution in [2.75, 3.05) is 0 Å². The number of nitrogens with zero attached hydrogens (tertiary/aromatic N) is 1. The molecule has 2 aromatic heterocycles. The molecule has 2 heterocycles. The number of allylic oxidation sites excluding steroid dienone is 1. The number of benzene rings is 5. The van der Waals surface area contributed by atoms with E-state index in [1.807, 2.05) is 12.2 Å². The van der Waals surface area contributed by atoms with Gasteiger partial charge in [-0.25, -0.2) is 0 Å². The molecule has 0 spiro atoms. The summed E-state index contributed by atoms with van der Waals surface area (Å²) in [5.74, 6) is 0. The molecule has 2 heteroatoms. The van der Waals surface area contributed by atoms with Gasteiger partial charge >= 0.3 is 0 Å². The van der Waals surface area contributed by atoms with Crippen molar-refractivity contribution in [2.45, 2.75) is 13.8 Å². The molecular formula is C38H29NS. The first-order valence-electron chi connectivity index (χ1n) is 13.6. The van der Waals surface area contributed by atoms with Crippen molar-refractivity contribution in [3.63, 3.8) is 0 Å². The molecule has 0 fully saturated rings. The van der Waals surface area contributed by atoms with Crippen molar-refractivity contribution in [1.82, 2.24) is 4.57 Å². The van der Waals surface area contributed by atoms with Crippen LogP contribution in [0.15, 0.2) is 110 Å². The summed E-state index contributed by atoms with van der Waals surface area (Å²) in [5.41, 5.74) is 9.74. The molecule has 0 aliphatic heterocycles. The SMILES string of the molecule is C=Cc1ccccc1-c1cc2c(ccc3c4ccccc4n(-c4ccc5c(/C=C\C)c(C=C)sc5c4)c23)cc1C. The van der Waals surface area contributed by atoms with Gasteiger partial charge < -0.3 is 4.57 Å². The van der Waals surface area contributed by atoms with E-state index in [4.69, 9.17) is 0 Å². The number of hydrogen-bond donors (Lipinski definition) is 0. The van der Waals surface area contributed by atoms with Gasteiger partial charge in [0.15, 0.2) is 0 Å². The van der Waals surface area contributed by atoms with Gasteiger partial charge in [-0.3, -0.25) is 0 Å². The lowest BCUT2D eigenvalue weighted by Crippen LogP contribution is -1.95. The van der Waals surface area contributed by atoms with E-state index in [-0.39, 0.29) is 0 Å². The number of aromatic nitrogens is 1. The maximum Gasteiger partial charge on any atom is 0.0619 e. The van der Waals surface area contributed by atoms with E-state index in [9.17, 15) is 0 Å². The zero-order valence-electron chi connectivity index (χ0n) is 22.7. The highest BCUT2D eigenvalue weighted by atomic mass is 32.1. The third-order valence-corrected chi connectivity index (χ3v) is 9.15. The highest BCUT2D eigenvalue weighted by Crippen LogP contribution is 2.41. The smallest absolute Gasteiger partial charge is 0.0619 e. The second-order valence-corrected chi connectivity index (χ2v) is 11.3. The molecule has 7 aromatic rings. The molecule has 1 nitrogen and oxygen atoms in total. The summed E-state index contributed by atoms with van der Waals surface area (Å²) < 4.78 is 3.72. The zero-order chi connectivity index (χ0) is 27.4. The molecule has 0 saturated heterocycles. The van der Waals surface area contributed by atoms with E-state index in [0.29, 0.717) is 0 Å². The van der Waals surface area contributed by atoms with Crippen LogP contribution in [-0.4, -0.2) is 4.57 Å². The van der Waals surface area contributed by atoms with E-state index in [0.717, 1.165) is 5.56 Å². The van der Waals surface area contributed by atoms with Crippen molar-refractivity contribution in [3.8, 4) is 16.8 Å². The van der Waals surface area contributed by atoms with Crippen LogP contribution < -0.4 is 0 Å². The van der Waals surface area contributed by atoms with Gasteiger partial charge in [0.1, 0.15) is 0 Å². The summed E-state index contributed by atoms with van der Waals surface area (Å²) in [4.78, 5) is 1.21. The Morgan fingerprint density at radius 3 is 2.35 bits per heavy atom. The fourth-order valence-electron chi connectivity index (χ4n) is 6.18. The fraction of sp³-hybridized carbons (Fsp3) is 0.0526. The fourth-order valence-corrected chi connectivity index (χ4v) is 7.25. The first-order valence-corrected chi connectivity index (χ1v) is 14.4. The lowest BCUT2D eigenvalue weighted by Gasteiger charge is -2.14. The molecule has 192 valence electrons. The quantitative estimate of drug-likeness (QED) is 0.208. The molecule has 0 radical (unpaired) electrons. The van der Waals surface area contributed by atoms with Gasteiger partial charge in [-0.05, 0) is 71.3 Å². The molecule has 0 atom stereocenters. The largest absolute Gasteiger partial charge is 0.309 e. The Morgan fingerprint density at radius 1 is 0.725 bits per heavy atom. The predicted molar refractivity (Wildman–Crippen MR) is 179 cm³/mol. The van der Waals surface area contributed by atoms with Gasteiger partial charge in [-0.15, -0.1) is 11.3 Å². The Balaban J connectivity index is 1.59. The third-order valence-electron chi connectivity index (χ3n) is 7.98. The third kappa shape index (κ3) is 3.61. The average molecular weight is 532 g/mol. The van der Waals surface area contributed by atoms with Crippen LogP contribution in [0, 0.1) is 6.92 Å². The van der Waals surface area contributed by atoms with Gasteiger partial charge in [-0.1, -0.05) is 104 Å². The van der Waals surface area contributed by atoms with Gasteiger partial charge in [0, 0.05) is 36.8 Å². The summed E-state index contributed by atoms with van der Waals surface area (Å²) in [6.07, 6.45) is 8.21. The molecule has 0 bridgehead atoms. The van der Waals surface area contributed by atoms with Crippen molar-refractivity contribution in [2.24, 2.45) is 0 Å². The summed E-state index contributed by atoms with van der Waals surface area (Å²) >= 11 is 1.80. The molecule has 0 unspecified atom stereocenters. The van der Waals surface area contributed by atoms with Crippen LogP contribution in [0.1, 0.15) is 28.5 Å². The predicted octanol–water partition coefficient (Wildman–Crippen LogP) is 11.4. The number of aryl methyl sites for hydroxylation is 1. The van der Waals surface area contributed by atoms with Crippen LogP contribution in [0.2, 0.25) is 0 Å². The Labute approximate surface area is 238 Å². The second-order valence-electron chi connectivity index (χ2n) is 10.3. The van der Waals surface area contributed by atoms with Crippen molar-refractivity contribution in [1.29, 1.82) is 0 Å². The number of fused-ring (bicyclic) bond motifs is 6. The molecule has 0 saturated carbocycles. The Kier molecular flexibility index (Phi) is 5.80. The maximum absolute atomic E-state index is 4.08. The normalized spacial score (nSPS) is 11.8. The van der Waals surface area contributed by atoms with Gasteiger partial charge in [0.05, 0.1) is 11.0 Å². The van der Waals surface area contributed by atoms with E-state index in [2.05, 4.69) is 135 Å². The van der Waals surface area contributed by atoms with Crippen LogP contribution in [-0.2, 0) is 0 Å². The lowest BCUT2D eigenvalue weighted by atomic mass is 9.92. The Hall–Kier alpha value is -4.66. The van der Waals surface area contributed by atoms with Crippen LogP contribution in [0.25, 0.3) is 77.7 Å². The van der Waals surface area contributed by atoms with E-state index in [1.54, 1.807) is 11.3 Å². The molecule has 0 N–H and O–H groups in total. The number of thiophene rings is 1. The number of para-hydroxylation sites is 1. The highest BCUT2D eigenvalue weighted by molar-refractivity contribution is 7.20. The standard InChI is InChI=1S/C38H29NS/c1-5-12-30-31-20-18-27(22-37(31)40-36(30)7-3)39-35-16-11-10-15-29(35)32-19-17-26-21-24(4)33(23-34(26)38(32)39)28-14-9-8-13-25(28)6-2/h5-23H,2-3H2,1,4H3/b12-5-. The van der Waals surface area contributed by atoms with Crippen LogP contribution in [0.5, 0.6) is 0 Å². The van der Waals surface area contributed by atoms with Crippen LogP contribution >= 0.6 is 11.3 Å². The molecule has 5 aromatic carbocycles. The topological polar surface area (TPSA) is 4.93 Å². The minimum absolute atomic E-state index is 1.15. The average Bonchev–Trinajstić information content (AvgIpc) is 3.52. The van der Waals surface area contributed by atoms with E-state index >= 15 is 0 Å². The number of hydrogen-bond acceptors (Lipinski definition) is 1. The van der Waals surface area contributed by atoms with Crippen molar-refractivity contribution < 1.29 is 0 Å². The van der Waals surface area contributed by atoms with E-state index in [1.165, 1.54) is 75.5 Å². The number of rotatable bonds is 5. The minimum atomic E-state index is 1.15.